The molecule has 0 radical (unpaired) electrons. The van der Waals surface area contributed by atoms with Gasteiger partial charge >= 0.3 is 6.61 Å². The summed E-state index contributed by atoms with van der Waals surface area (Å²) in [5.41, 5.74) is 0.691. The predicted molar refractivity (Wildman–Crippen MR) is 95.7 cm³/mol. The van der Waals surface area contributed by atoms with E-state index in [1.54, 1.807) is 24.0 Å². The van der Waals surface area contributed by atoms with Gasteiger partial charge in [-0.05, 0) is 43.5 Å². The normalized spacial score (nSPS) is 18.0. The van der Waals surface area contributed by atoms with Crippen molar-refractivity contribution >= 4 is 11.8 Å². The van der Waals surface area contributed by atoms with E-state index in [0.29, 0.717) is 25.1 Å². The Bertz CT molecular complexity index is 696. The number of carbonyl (C=O) groups excluding carboxylic acids is 2. The van der Waals surface area contributed by atoms with Gasteiger partial charge in [0, 0.05) is 13.1 Å². The van der Waals surface area contributed by atoms with E-state index in [1.165, 1.54) is 19.3 Å². The van der Waals surface area contributed by atoms with Crippen LogP contribution in [0.1, 0.15) is 31.4 Å². The Kier molecular flexibility index (Phi) is 7.15. The van der Waals surface area contributed by atoms with Crippen molar-refractivity contribution in [2.75, 3.05) is 20.2 Å². The Morgan fingerprint density at radius 1 is 1.37 bits per heavy atom. The van der Waals surface area contributed by atoms with Gasteiger partial charge in [0.25, 0.3) is 0 Å². The summed E-state index contributed by atoms with van der Waals surface area (Å²) in [5.74, 6) is -0.542. The van der Waals surface area contributed by atoms with Gasteiger partial charge in [-0.2, -0.15) is 8.78 Å². The number of nitrogens with zero attached hydrogens (tertiary/aromatic N) is 1. The van der Waals surface area contributed by atoms with Crippen molar-refractivity contribution in [2.24, 2.45) is 5.92 Å². The maximum atomic E-state index is 12.6. The first-order chi connectivity index (χ1) is 12.8. The molecule has 1 N–H and O–H groups in total. The van der Waals surface area contributed by atoms with Crippen LogP contribution in [0.3, 0.4) is 0 Å². The number of amides is 2. The van der Waals surface area contributed by atoms with Crippen molar-refractivity contribution in [2.45, 2.75) is 32.4 Å². The molecule has 2 atom stereocenters. The SMILES string of the molecule is C=CC(=O)N1CCCC(C(=O)NC(C)c2ccc(OC(F)F)c(OC)c2)C1. The molecule has 1 heterocycles. The number of ether oxygens (including phenoxy) is 2. The second kappa shape index (κ2) is 9.34. The Morgan fingerprint density at radius 3 is 2.74 bits per heavy atom. The molecule has 8 heteroatoms. The monoisotopic (exact) mass is 382 g/mol. The standard InChI is InChI=1S/C19H24F2N2O4/c1-4-17(24)23-9-5-6-14(11-23)18(25)22-12(2)13-7-8-15(27-19(20)21)16(10-13)26-3/h4,7-8,10,12,14,19H,1,5-6,9,11H2,2-3H3,(H,22,25). The van der Waals surface area contributed by atoms with Crippen LogP contribution >= 0.6 is 0 Å². The maximum absolute atomic E-state index is 12.6. The highest BCUT2D eigenvalue weighted by Crippen LogP contribution is 2.31. The van der Waals surface area contributed by atoms with Gasteiger partial charge in [-0.3, -0.25) is 9.59 Å². The minimum absolute atomic E-state index is 0.0689. The van der Waals surface area contributed by atoms with Crippen LogP contribution in [0.2, 0.25) is 0 Å². The van der Waals surface area contributed by atoms with Gasteiger partial charge in [-0.1, -0.05) is 12.6 Å². The molecule has 0 aliphatic carbocycles. The second-order valence-electron chi connectivity index (χ2n) is 6.35. The van der Waals surface area contributed by atoms with E-state index < -0.39 is 6.61 Å². The average molecular weight is 382 g/mol. The number of piperidine rings is 1. The van der Waals surface area contributed by atoms with E-state index in [0.717, 1.165) is 6.42 Å². The molecule has 1 aromatic carbocycles. The van der Waals surface area contributed by atoms with Crippen LogP contribution in [0.15, 0.2) is 30.9 Å². The van der Waals surface area contributed by atoms with Crippen LogP contribution in [-0.4, -0.2) is 43.5 Å². The molecular weight excluding hydrogens is 358 g/mol. The van der Waals surface area contributed by atoms with Crippen molar-refractivity contribution < 1.29 is 27.8 Å². The van der Waals surface area contributed by atoms with E-state index in [4.69, 9.17) is 4.74 Å². The molecule has 148 valence electrons. The fourth-order valence-electron chi connectivity index (χ4n) is 3.08. The number of nitrogens with one attached hydrogen (secondary N) is 1. The molecule has 2 amide bonds. The fraction of sp³-hybridized carbons (Fsp3) is 0.474. The maximum Gasteiger partial charge on any atom is 0.387 e. The van der Waals surface area contributed by atoms with Crippen LogP contribution in [0.25, 0.3) is 0 Å². The number of methoxy groups -OCH3 is 1. The quantitative estimate of drug-likeness (QED) is 0.737. The molecule has 1 fully saturated rings. The van der Waals surface area contributed by atoms with Crippen molar-refractivity contribution in [3.63, 3.8) is 0 Å². The molecule has 2 rings (SSSR count). The van der Waals surface area contributed by atoms with E-state index in [9.17, 15) is 18.4 Å². The highest BCUT2D eigenvalue weighted by Gasteiger charge is 2.28. The number of hydrogen-bond donors (Lipinski definition) is 1. The molecule has 0 saturated carbocycles. The van der Waals surface area contributed by atoms with E-state index in [2.05, 4.69) is 16.6 Å². The first kappa shape index (κ1) is 20.7. The summed E-state index contributed by atoms with van der Waals surface area (Å²) in [6.07, 6.45) is 2.70. The topological polar surface area (TPSA) is 67.9 Å². The van der Waals surface area contributed by atoms with Gasteiger partial charge in [0.2, 0.25) is 11.8 Å². The third kappa shape index (κ3) is 5.42. The molecule has 1 aliphatic heterocycles. The van der Waals surface area contributed by atoms with Crippen LogP contribution in [0.5, 0.6) is 11.5 Å². The Hall–Kier alpha value is -2.64. The molecule has 0 aromatic heterocycles. The van der Waals surface area contributed by atoms with Crippen LogP contribution in [0.4, 0.5) is 8.78 Å². The molecule has 0 bridgehead atoms. The minimum Gasteiger partial charge on any atom is -0.493 e. The minimum atomic E-state index is -2.95. The smallest absolute Gasteiger partial charge is 0.387 e. The van der Waals surface area contributed by atoms with Crippen molar-refractivity contribution in [3.8, 4) is 11.5 Å². The molecule has 0 spiro atoms. The summed E-state index contributed by atoms with van der Waals surface area (Å²) < 4.78 is 34.3. The summed E-state index contributed by atoms with van der Waals surface area (Å²) in [6.45, 7) is 3.29. The summed E-state index contributed by atoms with van der Waals surface area (Å²) in [6, 6.07) is 4.17. The lowest BCUT2D eigenvalue weighted by Crippen LogP contribution is -2.45. The number of carbonyl (C=O) groups is 2. The lowest BCUT2D eigenvalue weighted by molar-refractivity contribution is -0.132. The summed E-state index contributed by atoms with van der Waals surface area (Å²) in [7, 11) is 1.36. The van der Waals surface area contributed by atoms with Crippen molar-refractivity contribution in [3.05, 3.63) is 36.4 Å². The molecular formula is C19H24F2N2O4. The molecule has 6 nitrogen and oxygen atoms in total. The van der Waals surface area contributed by atoms with Gasteiger partial charge < -0.3 is 19.7 Å². The van der Waals surface area contributed by atoms with Gasteiger partial charge in [0.15, 0.2) is 11.5 Å². The van der Waals surface area contributed by atoms with Crippen molar-refractivity contribution in [1.82, 2.24) is 10.2 Å². The first-order valence-corrected chi connectivity index (χ1v) is 8.70. The van der Waals surface area contributed by atoms with Gasteiger partial charge in [-0.15, -0.1) is 0 Å². The van der Waals surface area contributed by atoms with Crippen LogP contribution in [-0.2, 0) is 9.59 Å². The third-order valence-electron chi connectivity index (χ3n) is 4.54. The summed E-state index contributed by atoms with van der Waals surface area (Å²) >= 11 is 0. The van der Waals surface area contributed by atoms with E-state index in [1.807, 2.05) is 0 Å². The van der Waals surface area contributed by atoms with Gasteiger partial charge in [0.1, 0.15) is 0 Å². The lowest BCUT2D eigenvalue weighted by atomic mass is 9.96. The number of hydrogen-bond acceptors (Lipinski definition) is 4. The molecule has 1 aliphatic rings. The number of alkyl halides is 2. The van der Waals surface area contributed by atoms with Crippen molar-refractivity contribution in [1.29, 1.82) is 0 Å². The number of rotatable bonds is 7. The average Bonchev–Trinajstić information content (AvgIpc) is 2.67. The Balaban J connectivity index is 2.03. The molecule has 1 saturated heterocycles. The summed E-state index contributed by atoms with van der Waals surface area (Å²) in [4.78, 5) is 25.9. The second-order valence-corrected chi connectivity index (χ2v) is 6.35. The zero-order valence-corrected chi connectivity index (χ0v) is 15.4. The van der Waals surface area contributed by atoms with Gasteiger partial charge in [0.05, 0.1) is 19.1 Å². The number of benzene rings is 1. The van der Waals surface area contributed by atoms with Crippen LogP contribution < -0.4 is 14.8 Å². The summed E-state index contributed by atoms with van der Waals surface area (Å²) in [5, 5.41) is 2.91. The zero-order chi connectivity index (χ0) is 20.0. The highest BCUT2D eigenvalue weighted by molar-refractivity contribution is 5.88. The Morgan fingerprint density at radius 2 is 2.11 bits per heavy atom. The largest absolute Gasteiger partial charge is 0.493 e. The molecule has 2 unspecified atom stereocenters. The highest BCUT2D eigenvalue weighted by atomic mass is 19.3. The van der Waals surface area contributed by atoms with Gasteiger partial charge in [-0.25, -0.2) is 0 Å². The molecule has 1 aromatic rings. The third-order valence-corrected chi connectivity index (χ3v) is 4.54. The number of likely N-dealkylation sites (tertiary alicyclic amines) is 1. The molecule has 27 heavy (non-hydrogen) atoms. The van der Waals surface area contributed by atoms with E-state index >= 15 is 0 Å². The zero-order valence-electron chi connectivity index (χ0n) is 15.4. The number of halogens is 2. The fourth-order valence-corrected chi connectivity index (χ4v) is 3.08. The first-order valence-electron chi connectivity index (χ1n) is 8.70. The Labute approximate surface area is 157 Å². The lowest BCUT2D eigenvalue weighted by Gasteiger charge is -2.32. The van der Waals surface area contributed by atoms with Crippen LogP contribution in [0, 0.1) is 5.92 Å². The van der Waals surface area contributed by atoms with E-state index in [-0.39, 0.29) is 35.3 Å². The predicted octanol–water partition coefficient (Wildman–Crippen LogP) is 2.90.